The summed E-state index contributed by atoms with van der Waals surface area (Å²) in [5.74, 6) is -2.65. The molecule has 0 amide bonds. The van der Waals surface area contributed by atoms with Crippen LogP contribution in [0.3, 0.4) is 0 Å². The molecule has 3 aliphatic heterocycles. The molecule has 2 saturated heterocycles. The molecular formula is C6H16Cl2N7P3. The van der Waals surface area contributed by atoms with Crippen LogP contribution in [0.2, 0.25) is 0 Å². The summed E-state index contributed by atoms with van der Waals surface area (Å²) >= 11 is 12.6. The van der Waals surface area contributed by atoms with Crippen LogP contribution < -0.4 is 20.3 Å². The van der Waals surface area contributed by atoms with Gasteiger partial charge >= 0.3 is 0 Å². The van der Waals surface area contributed by atoms with Crippen molar-refractivity contribution in [2.45, 2.75) is 12.8 Å². The van der Waals surface area contributed by atoms with Crippen molar-refractivity contribution in [2.75, 3.05) is 26.2 Å². The minimum Gasteiger partial charge on any atom is -0.253 e. The van der Waals surface area contributed by atoms with Gasteiger partial charge in [-0.25, -0.2) is 0 Å². The second-order valence-corrected chi connectivity index (χ2v) is 14.3. The molecule has 3 rings (SSSR count). The number of nitrogens with one attached hydrogen (secondary N) is 4. The van der Waals surface area contributed by atoms with Crippen molar-refractivity contribution in [3.8, 4) is 0 Å². The van der Waals surface area contributed by atoms with Crippen LogP contribution in [-0.2, 0) is 0 Å². The fraction of sp³-hybridized carbons (Fsp3) is 1.00. The van der Waals surface area contributed by atoms with Crippen LogP contribution in [0.5, 0.6) is 0 Å². The van der Waals surface area contributed by atoms with Gasteiger partial charge in [0.2, 0.25) is 15.0 Å². The molecule has 0 aromatic rings. The van der Waals surface area contributed by atoms with E-state index >= 15 is 0 Å². The number of hydrogen-bond acceptors (Lipinski definition) is 7. The van der Waals surface area contributed by atoms with Crippen LogP contribution in [0.25, 0.3) is 0 Å². The van der Waals surface area contributed by atoms with E-state index < -0.39 is 20.9 Å². The van der Waals surface area contributed by atoms with Gasteiger partial charge in [-0.1, -0.05) is 0 Å². The Labute approximate surface area is 116 Å². The molecule has 7 nitrogen and oxygen atoms in total. The molecular weight excluding hydrogens is 334 g/mol. The quantitative estimate of drug-likeness (QED) is 0.504. The van der Waals surface area contributed by atoms with Crippen LogP contribution in [0.1, 0.15) is 12.8 Å². The SMILES string of the molecule is ClP1(Cl)=NP2(=NP3(=N1)NCCCN3)NCCCN2. The highest BCUT2D eigenvalue weighted by atomic mass is 35.9. The van der Waals surface area contributed by atoms with E-state index in [1.165, 1.54) is 0 Å². The third-order valence-electron chi connectivity index (χ3n) is 2.77. The van der Waals surface area contributed by atoms with Crippen molar-refractivity contribution < 1.29 is 0 Å². The molecule has 0 unspecified atom stereocenters. The van der Waals surface area contributed by atoms with Gasteiger partial charge in [0.05, 0.1) is 0 Å². The molecule has 0 bridgehead atoms. The van der Waals surface area contributed by atoms with E-state index in [0.29, 0.717) is 0 Å². The number of nitrogens with zero attached hydrogens (tertiary/aromatic N) is 3. The smallest absolute Gasteiger partial charge is 0.253 e. The molecule has 4 N–H and O–H groups in total. The predicted molar refractivity (Wildman–Crippen MR) is 81.0 cm³/mol. The molecule has 3 aliphatic rings. The summed E-state index contributed by atoms with van der Waals surface area (Å²) in [6.45, 7) is 3.56. The largest absolute Gasteiger partial charge is 0.257 e. The normalized spacial score (nSPS) is 32.3. The Morgan fingerprint density at radius 3 is 1.61 bits per heavy atom. The maximum absolute atomic E-state index is 6.30. The lowest BCUT2D eigenvalue weighted by Crippen LogP contribution is -2.34. The second kappa shape index (κ2) is 5.14. The van der Waals surface area contributed by atoms with Crippen LogP contribution in [0, 0.1) is 0 Å². The van der Waals surface area contributed by atoms with E-state index in [4.69, 9.17) is 27.0 Å². The van der Waals surface area contributed by atoms with Gasteiger partial charge in [0.25, 0.3) is 5.91 Å². The monoisotopic (exact) mass is 349 g/mol. The van der Waals surface area contributed by atoms with Gasteiger partial charge in [-0.2, -0.15) is 13.5 Å². The van der Waals surface area contributed by atoms with E-state index in [-0.39, 0.29) is 0 Å². The van der Waals surface area contributed by atoms with Gasteiger partial charge in [-0.15, -0.1) is 0 Å². The van der Waals surface area contributed by atoms with Crippen LogP contribution >= 0.6 is 43.4 Å². The minimum absolute atomic E-state index is 0.890. The standard InChI is InChI=1S/C6H16Cl2N7P3/c7-16(8)13-17(9-3-1-4-10-17)15-18(14-16)11-5-2-6-12-18/h9-12H,1-6H2. The van der Waals surface area contributed by atoms with Gasteiger partial charge in [-0.3, -0.25) is 20.3 Å². The summed E-state index contributed by atoms with van der Waals surface area (Å²) in [6.07, 6.45) is 2.12. The van der Waals surface area contributed by atoms with E-state index in [0.717, 1.165) is 39.0 Å². The molecule has 0 aromatic carbocycles. The first-order valence-corrected chi connectivity index (χ1v) is 12.7. The highest BCUT2D eigenvalue weighted by Gasteiger charge is 2.36. The average molecular weight is 350 g/mol. The highest BCUT2D eigenvalue weighted by molar-refractivity contribution is 8.13. The topological polar surface area (TPSA) is 85.2 Å². The molecule has 12 heteroatoms. The Kier molecular flexibility index (Phi) is 4.02. The Hall–Kier alpha value is 1.11. The first-order chi connectivity index (χ1) is 8.54. The highest BCUT2D eigenvalue weighted by Crippen LogP contribution is 2.78. The zero-order valence-corrected chi connectivity index (χ0v) is 13.9. The van der Waals surface area contributed by atoms with Crippen molar-refractivity contribution in [1.82, 2.24) is 20.3 Å². The first kappa shape index (κ1) is 14.1. The van der Waals surface area contributed by atoms with Crippen LogP contribution in [-0.4, -0.2) is 26.2 Å². The molecule has 0 radical (unpaired) electrons. The molecule has 2 fully saturated rings. The summed E-state index contributed by atoms with van der Waals surface area (Å²) in [4.78, 5) is 0. The number of rotatable bonds is 0. The molecule has 18 heavy (non-hydrogen) atoms. The van der Waals surface area contributed by atoms with Gasteiger partial charge in [0, 0.05) is 26.2 Å². The summed E-state index contributed by atoms with van der Waals surface area (Å²) in [5, 5.41) is 13.5. The van der Waals surface area contributed by atoms with Gasteiger partial charge in [-0.05, 0) is 35.3 Å². The summed E-state index contributed by atoms with van der Waals surface area (Å²) < 4.78 is 13.9. The Balaban J connectivity index is 2.10. The van der Waals surface area contributed by atoms with Crippen LogP contribution in [0.15, 0.2) is 13.5 Å². The van der Waals surface area contributed by atoms with Crippen LogP contribution in [0.4, 0.5) is 0 Å². The van der Waals surface area contributed by atoms with Gasteiger partial charge in [0.15, 0.2) is 0 Å². The summed E-state index contributed by atoms with van der Waals surface area (Å²) in [5.41, 5.74) is 0. The van der Waals surface area contributed by atoms with Gasteiger partial charge in [0.1, 0.15) is 0 Å². The Morgan fingerprint density at radius 1 is 0.667 bits per heavy atom. The number of hydrogen-bond donors (Lipinski definition) is 4. The molecule has 0 aliphatic carbocycles. The molecule has 0 atom stereocenters. The molecule has 104 valence electrons. The van der Waals surface area contributed by atoms with Crippen molar-refractivity contribution in [2.24, 2.45) is 13.5 Å². The molecule has 3 heterocycles. The fourth-order valence-electron chi connectivity index (χ4n) is 2.03. The maximum Gasteiger partial charge on any atom is 0.257 e. The van der Waals surface area contributed by atoms with E-state index in [2.05, 4.69) is 29.4 Å². The lowest BCUT2D eigenvalue weighted by Gasteiger charge is -2.36. The number of halogens is 2. The van der Waals surface area contributed by atoms with Crippen molar-refractivity contribution >= 4 is 43.4 Å². The molecule has 2 spiro atoms. The molecule has 0 saturated carbocycles. The van der Waals surface area contributed by atoms with Gasteiger partial charge < -0.3 is 0 Å². The zero-order valence-electron chi connectivity index (χ0n) is 9.68. The van der Waals surface area contributed by atoms with E-state index in [9.17, 15) is 0 Å². The third-order valence-corrected chi connectivity index (χ3v) is 13.7. The van der Waals surface area contributed by atoms with Crippen molar-refractivity contribution in [3.05, 3.63) is 0 Å². The van der Waals surface area contributed by atoms with E-state index in [1.54, 1.807) is 0 Å². The summed E-state index contributed by atoms with van der Waals surface area (Å²) in [7, 11) is -4.35. The zero-order chi connectivity index (χ0) is 12.7. The summed E-state index contributed by atoms with van der Waals surface area (Å²) in [6, 6.07) is 0. The third kappa shape index (κ3) is 2.90. The first-order valence-electron chi connectivity index (χ1n) is 5.85. The molecule has 0 aromatic heterocycles. The lowest BCUT2D eigenvalue weighted by molar-refractivity contribution is 0.702. The Bertz CT molecular complexity index is 474. The maximum atomic E-state index is 6.30. The van der Waals surface area contributed by atoms with E-state index in [1.807, 2.05) is 0 Å². The minimum atomic E-state index is -2.65. The van der Waals surface area contributed by atoms with Crippen molar-refractivity contribution in [3.63, 3.8) is 0 Å². The average Bonchev–Trinajstić information content (AvgIpc) is 2.27. The lowest BCUT2D eigenvalue weighted by atomic mass is 10.4. The predicted octanol–water partition coefficient (Wildman–Crippen LogP) is 3.48. The Morgan fingerprint density at radius 2 is 1.11 bits per heavy atom. The van der Waals surface area contributed by atoms with Crippen molar-refractivity contribution in [1.29, 1.82) is 0 Å². The fourth-order valence-corrected chi connectivity index (χ4v) is 15.1. The second-order valence-electron chi connectivity index (χ2n) is 4.27.